The van der Waals surface area contributed by atoms with Crippen molar-refractivity contribution in [3.63, 3.8) is 0 Å². The number of aryl methyl sites for hydroxylation is 1. The number of nitrogens with two attached hydrogens (primary N) is 1. The first kappa shape index (κ1) is 11.4. The maximum absolute atomic E-state index is 9.84. The Hall–Kier alpha value is -2.08. The highest BCUT2D eigenvalue weighted by atomic mass is 16.5. The van der Waals surface area contributed by atoms with Gasteiger partial charge in [0, 0.05) is 0 Å². The van der Waals surface area contributed by atoms with Crippen molar-refractivity contribution in [2.75, 3.05) is 7.11 Å². The van der Waals surface area contributed by atoms with Crippen molar-refractivity contribution in [2.24, 2.45) is 5.73 Å². The molecular formula is C11H13N3O3. The van der Waals surface area contributed by atoms with Gasteiger partial charge in [0.15, 0.2) is 0 Å². The van der Waals surface area contributed by atoms with Crippen LogP contribution in [-0.2, 0) is 6.54 Å². The van der Waals surface area contributed by atoms with Crippen molar-refractivity contribution in [3.8, 4) is 22.9 Å². The molecule has 1 heterocycles. The lowest BCUT2D eigenvalue weighted by Crippen LogP contribution is -1.96. The van der Waals surface area contributed by atoms with Crippen LogP contribution in [-0.4, -0.2) is 22.4 Å². The summed E-state index contributed by atoms with van der Waals surface area (Å²) in [6, 6.07) is 3.25. The van der Waals surface area contributed by atoms with Gasteiger partial charge in [0.05, 0.1) is 19.2 Å². The van der Waals surface area contributed by atoms with E-state index in [-0.39, 0.29) is 12.3 Å². The molecule has 0 amide bonds. The molecule has 0 saturated heterocycles. The quantitative estimate of drug-likeness (QED) is 0.830. The van der Waals surface area contributed by atoms with Crippen LogP contribution in [0.15, 0.2) is 16.7 Å². The molecule has 0 radical (unpaired) electrons. The molecule has 0 saturated carbocycles. The van der Waals surface area contributed by atoms with E-state index < -0.39 is 0 Å². The van der Waals surface area contributed by atoms with E-state index in [2.05, 4.69) is 10.1 Å². The molecule has 0 aliphatic carbocycles. The molecule has 0 aliphatic heterocycles. The number of hydrogen-bond donors (Lipinski definition) is 2. The van der Waals surface area contributed by atoms with Gasteiger partial charge in [-0.2, -0.15) is 4.98 Å². The van der Waals surface area contributed by atoms with Gasteiger partial charge in [-0.1, -0.05) is 5.16 Å². The van der Waals surface area contributed by atoms with Crippen LogP contribution >= 0.6 is 0 Å². The van der Waals surface area contributed by atoms with Crippen LogP contribution in [0.25, 0.3) is 11.4 Å². The minimum absolute atomic E-state index is 0.0765. The molecule has 2 rings (SSSR count). The van der Waals surface area contributed by atoms with Gasteiger partial charge in [-0.05, 0) is 24.6 Å². The minimum atomic E-state index is 0.0765. The van der Waals surface area contributed by atoms with Gasteiger partial charge in [-0.3, -0.25) is 0 Å². The van der Waals surface area contributed by atoms with Crippen molar-refractivity contribution in [1.29, 1.82) is 0 Å². The summed E-state index contributed by atoms with van der Waals surface area (Å²) < 4.78 is 10.1. The van der Waals surface area contributed by atoms with Crippen LogP contribution in [0.3, 0.4) is 0 Å². The predicted octanol–water partition coefficient (Wildman–Crippen LogP) is 1.22. The Morgan fingerprint density at radius 1 is 1.47 bits per heavy atom. The number of phenolic OH excluding ortho intramolecular Hbond substituents is 1. The fourth-order valence-electron chi connectivity index (χ4n) is 1.52. The Bertz CT molecular complexity index is 537. The van der Waals surface area contributed by atoms with Crippen LogP contribution in [0.2, 0.25) is 0 Å². The zero-order valence-corrected chi connectivity index (χ0v) is 9.60. The molecular weight excluding hydrogens is 222 g/mol. The van der Waals surface area contributed by atoms with E-state index in [0.29, 0.717) is 23.0 Å². The Morgan fingerprint density at radius 3 is 2.82 bits per heavy atom. The van der Waals surface area contributed by atoms with E-state index >= 15 is 0 Å². The number of aromatic nitrogens is 2. The average Bonchev–Trinajstić information content (AvgIpc) is 2.78. The van der Waals surface area contributed by atoms with Gasteiger partial charge in [-0.25, -0.2) is 0 Å². The third-order valence-electron chi connectivity index (χ3n) is 2.40. The molecule has 0 bridgehead atoms. The van der Waals surface area contributed by atoms with E-state index in [1.807, 2.05) is 6.92 Å². The Labute approximate surface area is 98.0 Å². The Morgan fingerprint density at radius 2 is 2.24 bits per heavy atom. The van der Waals surface area contributed by atoms with E-state index in [9.17, 15) is 5.11 Å². The van der Waals surface area contributed by atoms with E-state index in [1.165, 1.54) is 0 Å². The lowest BCUT2D eigenvalue weighted by molar-refractivity contribution is 0.380. The SMILES string of the molecule is COc1cc(-c2noc(CN)n2)c(O)cc1C. The van der Waals surface area contributed by atoms with Gasteiger partial charge in [-0.15, -0.1) is 0 Å². The summed E-state index contributed by atoms with van der Waals surface area (Å²) >= 11 is 0. The van der Waals surface area contributed by atoms with E-state index in [0.717, 1.165) is 5.56 Å². The molecule has 0 atom stereocenters. The smallest absolute Gasteiger partial charge is 0.240 e. The number of methoxy groups -OCH3 is 1. The second-order valence-electron chi connectivity index (χ2n) is 3.55. The largest absolute Gasteiger partial charge is 0.507 e. The Balaban J connectivity index is 2.50. The normalized spacial score (nSPS) is 10.5. The van der Waals surface area contributed by atoms with Gasteiger partial charge in [0.2, 0.25) is 11.7 Å². The molecule has 6 nitrogen and oxygen atoms in total. The molecule has 1 aromatic heterocycles. The van der Waals surface area contributed by atoms with Crippen molar-refractivity contribution < 1.29 is 14.4 Å². The molecule has 3 N–H and O–H groups in total. The number of ether oxygens (including phenoxy) is 1. The zero-order valence-electron chi connectivity index (χ0n) is 9.60. The van der Waals surface area contributed by atoms with Gasteiger partial charge in [0.1, 0.15) is 11.5 Å². The summed E-state index contributed by atoms with van der Waals surface area (Å²) in [7, 11) is 1.56. The molecule has 0 spiro atoms. The molecule has 17 heavy (non-hydrogen) atoms. The molecule has 1 aromatic carbocycles. The van der Waals surface area contributed by atoms with Crippen molar-refractivity contribution >= 4 is 0 Å². The fraction of sp³-hybridized carbons (Fsp3) is 0.273. The predicted molar refractivity (Wildman–Crippen MR) is 60.6 cm³/mol. The monoisotopic (exact) mass is 235 g/mol. The topological polar surface area (TPSA) is 94.4 Å². The lowest BCUT2D eigenvalue weighted by atomic mass is 10.1. The van der Waals surface area contributed by atoms with Gasteiger partial charge < -0.3 is 20.1 Å². The first-order chi connectivity index (χ1) is 8.15. The van der Waals surface area contributed by atoms with Crippen LogP contribution in [0.1, 0.15) is 11.5 Å². The summed E-state index contributed by atoms with van der Waals surface area (Å²) in [6.45, 7) is 2.00. The minimum Gasteiger partial charge on any atom is -0.507 e. The summed E-state index contributed by atoms with van der Waals surface area (Å²) in [6.07, 6.45) is 0. The highest BCUT2D eigenvalue weighted by molar-refractivity contribution is 5.67. The lowest BCUT2D eigenvalue weighted by Gasteiger charge is -2.07. The van der Waals surface area contributed by atoms with Crippen LogP contribution in [0.4, 0.5) is 0 Å². The number of hydrogen-bond acceptors (Lipinski definition) is 6. The standard InChI is InChI=1S/C11H13N3O3/c1-6-3-8(15)7(4-9(6)16-2)11-13-10(5-12)17-14-11/h3-4,15H,5,12H2,1-2H3. The second kappa shape index (κ2) is 4.42. The summed E-state index contributed by atoms with van der Waals surface area (Å²) in [4.78, 5) is 4.05. The highest BCUT2D eigenvalue weighted by Gasteiger charge is 2.14. The maximum Gasteiger partial charge on any atom is 0.240 e. The van der Waals surface area contributed by atoms with Crippen LogP contribution < -0.4 is 10.5 Å². The maximum atomic E-state index is 9.84. The van der Waals surface area contributed by atoms with Gasteiger partial charge >= 0.3 is 0 Å². The molecule has 0 unspecified atom stereocenters. The van der Waals surface area contributed by atoms with Crippen LogP contribution in [0, 0.1) is 6.92 Å². The highest BCUT2D eigenvalue weighted by Crippen LogP contribution is 2.33. The fourth-order valence-corrected chi connectivity index (χ4v) is 1.52. The number of benzene rings is 1. The summed E-state index contributed by atoms with van der Waals surface area (Å²) in [5.41, 5.74) is 6.66. The first-order valence-electron chi connectivity index (χ1n) is 5.06. The van der Waals surface area contributed by atoms with E-state index in [4.69, 9.17) is 15.0 Å². The second-order valence-corrected chi connectivity index (χ2v) is 3.55. The molecule has 0 aliphatic rings. The molecule has 6 heteroatoms. The number of rotatable bonds is 3. The summed E-state index contributed by atoms with van der Waals surface area (Å²) in [5, 5.41) is 13.6. The first-order valence-corrected chi connectivity index (χ1v) is 5.06. The zero-order chi connectivity index (χ0) is 12.4. The Kier molecular flexibility index (Phi) is 2.97. The van der Waals surface area contributed by atoms with Crippen molar-refractivity contribution in [3.05, 3.63) is 23.6 Å². The van der Waals surface area contributed by atoms with Crippen molar-refractivity contribution in [2.45, 2.75) is 13.5 Å². The molecule has 2 aromatic rings. The molecule has 0 fully saturated rings. The molecule has 90 valence electrons. The van der Waals surface area contributed by atoms with Crippen LogP contribution in [0.5, 0.6) is 11.5 Å². The van der Waals surface area contributed by atoms with Gasteiger partial charge in [0.25, 0.3) is 0 Å². The number of aromatic hydroxyl groups is 1. The summed E-state index contributed by atoms with van der Waals surface area (Å²) in [5.74, 6) is 1.34. The average molecular weight is 235 g/mol. The van der Waals surface area contributed by atoms with Crippen molar-refractivity contribution in [1.82, 2.24) is 10.1 Å². The van der Waals surface area contributed by atoms with E-state index in [1.54, 1.807) is 19.2 Å². The number of phenols is 1. The third kappa shape index (κ3) is 2.07. The number of nitrogens with zero attached hydrogens (tertiary/aromatic N) is 2. The third-order valence-corrected chi connectivity index (χ3v) is 2.40.